The maximum atomic E-state index is 11.3. The number of aromatic nitrogens is 2. The van der Waals surface area contributed by atoms with Crippen LogP contribution in [0.3, 0.4) is 0 Å². The highest BCUT2D eigenvalue weighted by Crippen LogP contribution is 2.12. The molecule has 2 N–H and O–H groups in total. The van der Waals surface area contributed by atoms with E-state index in [1.165, 1.54) is 7.11 Å². The average Bonchev–Trinajstić information content (AvgIpc) is 2.89. The van der Waals surface area contributed by atoms with Crippen LogP contribution in [-0.4, -0.2) is 23.3 Å². The third kappa shape index (κ3) is 2.84. The van der Waals surface area contributed by atoms with E-state index in [1.807, 2.05) is 18.2 Å². The second-order valence-electron chi connectivity index (χ2n) is 3.51. The standard InChI is InChI=1S/C12H13N3O2/c1-17-12(16)9-3-2-4-10(7-9)13-8-11-5-6-14-15-11/h2-7,13H,8H2,1H3,(H,14,15). The molecule has 5 heteroatoms. The average molecular weight is 231 g/mol. The Bertz CT molecular complexity index is 494. The Hall–Kier alpha value is -2.30. The smallest absolute Gasteiger partial charge is 0.337 e. The number of aromatic amines is 1. The lowest BCUT2D eigenvalue weighted by Crippen LogP contribution is -2.04. The third-order valence-electron chi connectivity index (χ3n) is 2.33. The van der Waals surface area contributed by atoms with Gasteiger partial charge >= 0.3 is 5.97 Å². The largest absolute Gasteiger partial charge is 0.465 e. The Balaban J connectivity index is 2.03. The molecule has 0 saturated heterocycles. The number of anilines is 1. The van der Waals surface area contributed by atoms with Crippen LogP contribution in [0.2, 0.25) is 0 Å². The van der Waals surface area contributed by atoms with Crippen LogP contribution in [0.5, 0.6) is 0 Å². The molecule has 2 rings (SSSR count). The number of methoxy groups -OCH3 is 1. The number of H-pyrrole nitrogens is 1. The topological polar surface area (TPSA) is 67.0 Å². The van der Waals surface area contributed by atoms with Crippen LogP contribution in [0.1, 0.15) is 16.1 Å². The summed E-state index contributed by atoms with van der Waals surface area (Å²) < 4.78 is 4.66. The van der Waals surface area contributed by atoms with Crippen molar-refractivity contribution >= 4 is 11.7 Å². The summed E-state index contributed by atoms with van der Waals surface area (Å²) in [5, 5.41) is 9.89. The summed E-state index contributed by atoms with van der Waals surface area (Å²) in [6.07, 6.45) is 1.70. The van der Waals surface area contributed by atoms with Gasteiger partial charge in [-0.3, -0.25) is 5.10 Å². The summed E-state index contributed by atoms with van der Waals surface area (Å²) in [7, 11) is 1.37. The lowest BCUT2D eigenvalue weighted by molar-refractivity contribution is 0.0601. The van der Waals surface area contributed by atoms with Gasteiger partial charge in [-0.15, -0.1) is 0 Å². The van der Waals surface area contributed by atoms with Crippen LogP contribution in [0, 0.1) is 0 Å². The third-order valence-corrected chi connectivity index (χ3v) is 2.33. The summed E-state index contributed by atoms with van der Waals surface area (Å²) >= 11 is 0. The highest BCUT2D eigenvalue weighted by Gasteiger charge is 2.05. The second kappa shape index (κ2) is 5.16. The van der Waals surface area contributed by atoms with Crippen molar-refractivity contribution in [1.29, 1.82) is 0 Å². The molecule has 0 radical (unpaired) electrons. The number of esters is 1. The minimum absolute atomic E-state index is 0.338. The number of nitrogens with zero attached hydrogens (tertiary/aromatic N) is 1. The van der Waals surface area contributed by atoms with Crippen molar-refractivity contribution in [3.05, 3.63) is 47.8 Å². The minimum atomic E-state index is -0.338. The zero-order valence-corrected chi connectivity index (χ0v) is 9.43. The van der Waals surface area contributed by atoms with Gasteiger partial charge in [-0.05, 0) is 24.3 Å². The van der Waals surface area contributed by atoms with Crippen molar-refractivity contribution in [2.45, 2.75) is 6.54 Å². The Morgan fingerprint density at radius 1 is 1.47 bits per heavy atom. The fraction of sp³-hybridized carbons (Fsp3) is 0.167. The van der Waals surface area contributed by atoms with E-state index in [-0.39, 0.29) is 5.97 Å². The van der Waals surface area contributed by atoms with Gasteiger partial charge < -0.3 is 10.1 Å². The van der Waals surface area contributed by atoms with Crippen LogP contribution in [0.4, 0.5) is 5.69 Å². The predicted molar refractivity (Wildman–Crippen MR) is 63.7 cm³/mol. The Morgan fingerprint density at radius 3 is 3.06 bits per heavy atom. The number of nitrogens with one attached hydrogen (secondary N) is 2. The molecule has 0 aliphatic heterocycles. The summed E-state index contributed by atoms with van der Waals surface area (Å²) in [5.74, 6) is -0.338. The molecule has 0 unspecified atom stereocenters. The number of carbonyl (C=O) groups is 1. The number of rotatable bonds is 4. The molecule has 0 aliphatic rings. The summed E-state index contributed by atoms with van der Waals surface area (Å²) in [6, 6.07) is 9.05. The molecule has 0 spiro atoms. The fourth-order valence-corrected chi connectivity index (χ4v) is 1.45. The van der Waals surface area contributed by atoms with Crippen LogP contribution in [0.15, 0.2) is 36.5 Å². The molecule has 17 heavy (non-hydrogen) atoms. The lowest BCUT2D eigenvalue weighted by Gasteiger charge is -2.06. The molecule has 2 aromatic rings. The van der Waals surface area contributed by atoms with E-state index in [1.54, 1.807) is 18.3 Å². The minimum Gasteiger partial charge on any atom is -0.465 e. The first-order valence-electron chi connectivity index (χ1n) is 5.20. The van der Waals surface area contributed by atoms with Crippen molar-refractivity contribution in [2.75, 3.05) is 12.4 Å². The quantitative estimate of drug-likeness (QED) is 0.787. The lowest BCUT2D eigenvalue weighted by atomic mass is 10.2. The fourth-order valence-electron chi connectivity index (χ4n) is 1.45. The van der Waals surface area contributed by atoms with E-state index in [4.69, 9.17) is 0 Å². The molecule has 0 atom stereocenters. The highest BCUT2D eigenvalue weighted by molar-refractivity contribution is 5.90. The second-order valence-corrected chi connectivity index (χ2v) is 3.51. The Labute approximate surface area is 98.8 Å². The number of carbonyl (C=O) groups excluding carboxylic acids is 1. The van der Waals surface area contributed by atoms with Gasteiger partial charge in [0.15, 0.2) is 0 Å². The SMILES string of the molecule is COC(=O)c1cccc(NCc2ccn[nH]2)c1. The first-order valence-corrected chi connectivity index (χ1v) is 5.20. The molecule has 0 bridgehead atoms. The Kier molecular flexibility index (Phi) is 3.40. The molecule has 0 saturated carbocycles. The Morgan fingerprint density at radius 2 is 2.35 bits per heavy atom. The molecule has 1 aromatic heterocycles. The number of benzene rings is 1. The van der Waals surface area contributed by atoms with Crippen molar-refractivity contribution < 1.29 is 9.53 Å². The van der Waals surface area contributed by atoms with E-state index < -0.39 is 0 Å². The monoisotopic (exact) mass is 231 g/mol. The van der Waals surface area contributed by atoms with Gasteiger partial charge in [0.2, 0.25) is 0 Å². The first kappa shape index (κ1) is 11.2. The molecular formula is C12H13N3O2. The highest BCUT2D eigenvalue weighted by atomic mass is 16.5. The molecule has 1 aromatic carbocycles. The first-order chi connectivity index (χ1) is 8.29. The number of hydrogen-bond acceptors (Lipinski definition) is 4. The van der Waals surface area contributed by atoms with Crippen molar-refractivity contribution in [3.63, 3.8) is 0 Å². The van der Waals surface area contributed by atoms with E-state index in [9.17, 15) is 4.79 Å². The molecule has 0 fully saturated rings. The van der Waals surface area contributed by atoms with Crippen LogP contribution in [-0.2, 0) is 11.3 Å². The van der Waals surface area contributed by atoms with Crippen molar-refractivity contribution in [2.24, 2.45) is 0 Å². The van der Waals surface area contributed by atoms with E-state index in [0.29, 0.717) is 12.1 Å². The number of hydrogen-bond donors (Lipinski definition) is 2. The van der Waals surface area contributed by atoms with Crippen LogP contribution in [0.25, 0.3) is 0 Å². The van der Waals surface area contributed by atoms with E-state index in [2.05, 4.69) is 20.3 Å². The van der Waals surface area contributed by atoms with Gasteiger partial charge in [0, 0.05) is 11.9 Å². The van der Waals surface area contributed by atoms with Gasteiger partial charge in [-0.1, -0.05) is 6.07 Å². The van der Waals surface area contributed by atoms with Crippen LogP contribution >= 0.6 is 0 Å². The maximum absolute atomic E-state index is 11.3. The summed E-state index contributed by atoms with van der Waals surface area (Å²) in [4.78, 5) is 11.3. The van der Waals surface area contributed by atoms with Crippen molar-refractivity contribution in [1.82, 2.24) is 10.2 Å². The maximum Gasteiger partial charge on any atom is 0.337 e. The normalized spacial score (nSPS) is 9.94. The van der Waals surface area contributed by atoms with E-state index in [0.717, 1.165) is 11.4 Å². The van der Waals surface area contributed by atoms with Gasteiger partial charge in [0.1, 0.15) is 0 Å². The molecule has 0 aliphatic carbocycles. The number of ether oxygens (including phenoxy) is 1. The van der Waals surface area contributed by atoms with E-state index >= 15 is 0 Å². The predicted octanol–water partition coefficient (Wildman–Crippen LogP) is 1.81. The molecule has 0 amide bonds. The van der Waals surface area contributed by atoms with Gasteiger partial charge in [0.05, 0.1) is 24.9 Å². The zero-order chi connectivity index (χ0) is 12.1. The van der Waals surface area contributed by atoms with Gasteiger partial charge in [-0.25, -0.2) is 4.79 Å². The zero-order valence-electron chi connectivity index (χ0n) is 9.43. The molecule has 88 valence electrons. The molecule has 5 nitrogen and oxygen atoms in total. The summed E-state index contributed by atoms with van der Waals surface area (Å²) in [5.41, 5.74) is 2.37. The van der Waals surface area contributed by atoms with Crippen molar-refractivity contribution in [3.8, 4) is 0 Å². The van der Waals surface area contributed by atoms with Gasteiger partial charge in [-0.2, -0.15) is 5.10 Å². The molecular weight excluding hydrogens is 218 g/mol. The molecule has 1 heterocycles. The van der Waals surface area contributed by atoms with Crippen LogP contribution < -0.4 is 5.32 Å². The van der Waals surface area contributed by atoms with Gasteiger partial charge in [0.25, 0.3) is 0 Å². The summed E-state index contributed by atoms with van der Waals surface area (Å²) in [6.45, 7) is 0.630.